The maximum atomic E-state index is 10.7. The predicted octanol–water partition coefficient (Wildman–Crippen LogP) is 0.972. The van der Waals surface area contributed by atoms with Crippen LogP contribution < -0.4 is 0 Å². The van der Waals surface area contributed by atoms with Crippen LogP contribution in [-0.4, -0.2) is 40.2 Å². The maximum Gasteiger partial charge on any atom is 0.334 e. The quantitative estimate of drug-likeness (QED) is 0.773. The lowest BCUT2D eigenvalue weighted by molar-refractivity contribution is -0.146. The Kier molecular flexibility index (Phi) is 3.51. The van der Waals surface area contributed by atoms with Crippen LogP contribution in [0.2, 0.25) is 0 Å². The minimum atomic E-state index is -1.24. The van der Waals surface area contributed by atoms with E-state index in [1.54, 1.807) is 0 Å². The molecular formula is C6H8Br2O4. The molecule has 70 valence electrons. The molecule has 0 spiro atoms. The molecular weight excluding hydrogens is 296 g/mol. The van der Waals surface area contributed by atoms with Crippen LogP contribution in [0.1, 0.15) is 0 Å². The Labute approximate surface area is 86.5 Å². The van der Waals surface area contributed by atoms with Gasteiger partial charge in [0.2, 0.25) is 3.23 Å². The zero-order chi connectivity index (χ0) is 9.19. The number of halogens is 2. The lowest BCUT2D eigenvalue weighted by atomic mass is 10.2. The molecule has 0 aromatic carbocycles. The predicted molar refractivity (Wildman–Crippen MR) is 48.8 cm³/mol. The summed E-state index contributed by atoms with van der Waals surface area (Å²) in [5.41, 5.74) is 0. The normalized spacial score (nSPS) is 25.3. The van der Waals surface area contributed by atoms with Crippen LogP contribution in [0, 0.1) is 0 Å². The molecule has 1 unspecified atom stereocenters. The second kappa shape index (κ2) is 4.04. The fourth-order valence-corrected chi connectivity index (χ4v) is 1.36. The molecule has 12 heavy (non-hydrogen) atoms. The van der Waals surface area contributed by atoms with E-state index in [2.05, 4.69) is 31.9 Å². The van der Waals surface area contributed by atoms with Gasteiger partial charge < -0.3 is 14.6 Å². The van der Waals surface area contributed by atoms with Gasteiger partial charge in [0.05, 0.1) is 19.8 Å². The van der Waals surface area contributed by atoms with E-state index in [1.807, 2.05) is 0 Å². The number of carboxylic acids is 1. The molecule has 0 bridgehead atoms. The summed E-state index contributed by atoms with van der Waals surface area (Å²) in [6, 6.07) is 0. The summed E-state index contributed by atoms with van der Waals surface area (Å²) in [6.45, 7) is 1.23. The van der Waals surface area contributed by atoms with Gasteiger partial charge >= 0.3 is 5.97 Å². The Morgan fingerprint density at radius 1 is 1.50 bits per heavy atom. The molecule has 4 nitrogen and oxygen atoms in total. The summed E-state index contributed by atoms with van der Waals surface area (Å²) in [5.74, 6) is -1.02. The summed E-state index contributed by atoms with van der Waals surface area (Å²) in [4.78, 5) is 10.7. The average molecular weight is 304 g/mol. The van der Waals surface area contributed by atoms with E-state index in [4.69, 9.17) is 14.6 Å². The van der Waals surface area contributed by atoms with E-state index in [0.717, 1.165) is 0 Å². The van der Waals surface area contributed by atoms with E-state index in [0.29, 0.717) is 13.2 Å². The van der Waals surface area contributed by atoms with Crippen molar-refractivity contribution in [2.24, 2.45) is 0 Å². The van der Waals surface area contributed by atoms with Crippen LogP contribution in [0.3, 0.4) is 0 Å². The van der Waals surface area contributed by atoms with Crippen molar-refractivity contribution < 1.29 is 19.4 Å². The Balaban J connectivity index is 2.59. The highest BCUT2D eigenvalue weighted by Gasteiger charge is 2.43. The van der Waals surface area contributed by atoms with Crippen LogP contribution in [0.5, 0.6) is 0 Å². The third-order valence-electron chi connectivity index (χ3n) is 1.51. The van der Waals surface area contributed by atoms with Gasteiger partial charge in [-0.25, -0.2) is 4.79 Å². The first-order valence-electron chi connectivity index (χ1n) is 3.35. The Morgan fingerprint density at radius 3 is 2.58 bits per heavy atom. The van der Waals surface area contributed by atoms with Crippen molar-refractivity contribution >= 4 is 37.8 Å². The summed E-state index contributed by atoms with van der Waals surface area (Å²) in [6.07, 6.45) is -0.497. The highest BCUT2D eigenvalue weighted by Crippen LogP contribution is 2.33. The van der Waals surface area contributed by atoms with Crippen molar-refractivity contribution in [3.8, 4) is 0 Å². The van der Waals surface area contributed by atoms with Crippen molar-refractivity contribution in [1.82, 2.24) is 0 Å². The molecule has 1 atom stereocenters. The van der Waals surface area contributed by atoms with E-state index in [9.17, 15) is 4.79 Å². The number of carbonyl (C=O) groups is 1. The van der Waals surface area contributed by atoms with Crippen molar-refractivity contribution in [3.05, 3.63) is 0 Å². The molecule has 0 aliphatic carbocycles. The first kappa shape index (κ1) is 10.4. The topological polar surface area (TPSA) is 55.8 Å². The van der Waals surface area contributed by atoms with Crippen molar-refractivity contribution in [2.75, 3.05) is 19.8 Å². The number of ether oxygens (including phenoxy) is 2. The number of aliphatic carboxylic acids is 1. The molecule has 0 radical (unpaired) electrons. The van der Waals surface area contributed by atoms with Crippen LogP contribution in [0.25, 0.3) is 0 Å². The Bertz CT molecular complexity index is 176. The molecule has 0 aromatic rings. The molecule has 0 saturated carbocycles. The fraction of sp³-hybridized carbons (Fsp3) is 0.833. The highest BCUT2D eigenvalue weighted by atomic mass is 79.9. The number of carboxylic acid groups (broad SMARTS) is 1. The summed E-state index contributed by atoms with van der Waals surface area (Å²) in [5, 5.41) is 8.76. The lowest BCUT2D eigenvalue weighted by Gasteiger charge is -2.30. The standard InChI is InChI=1S/C6H8Br2O4/c7-6(8,5(9)10)4-3-11-1-2-12-4/h4H,1-3H2,(H,9,10). The van der Waals surface area contributed by atoms with E-state index >= 15 is 0 Å². The van der Waals surface area contributed by atoms with Gasteiger partial charge in [-0.05, 0) is 0 Å². The second-order valence-electron chi connectivity index (χ2n) is 2.36. The van der Waals surface area contributed by atoms with Crippen LogP contribution in [-0.2, 0) is 14.3 Å². The van der Waals surface area contributed by atoms with Crippen LogP contribution >= 0.6 is 31.9 Å². The van der Waals surface area contributed by atoms with Gasteiger partial charge in [0.15, 0.2) is 0 Å². The highest BCUT2D eigenvalue weighted by molar-refractivity contribution is 9.26. The zero-order valence-electron chi connectivity index (χ0n) is 6.13. The first-order valence-corrected chi connectivity index (χ1v) is 4.94. The molecule has 1 heterocycles. The minimum Gasteiger partial charge on any atom is -0.479 e. The van der Waals surface area contributed by atoms with Gasteiger partial charge in [-0.15, -0.1) is 0 Å². The van der Waals surface area contributed by atoms with Gasteiger partial charge in [0.1, 0.15) is 6.10 Å². The first-order chi connectivity index (χ1) is 5.55. The molecule has 0 aromatic heterocycles. The van der Waals surface area contributed by atoms with E-state index in [1.165, 1.54) is 0 Å². The van der Waals surface area contributed by atoms with Gasteiger partial charge in [-0.1, -0.05) is 31.9 Å². The van der Waals surface area contributed by atoms with Crippen molar-refractivity contribution in [1.29, 1.82) is 0 Å². The monoisotopic (exact) mass is 302 g/mol. The average Bonchev–Trinajstić information content (AvgIpc) is 2.06. The third kappa shape index (κ3) is 2.18. The number of rotatable bonds is 2. The van der Waals surface area contributed by atoms with Crippen LogP contribution in [0.15, 0.2) is 0 Å². The van der Waals surface area contributed by atoms with Crippen molar-refractivity contribution in [2.45, 2.75) is 9.34 Å². The van der Waals surface area contributed by atoms with Gasteiger partial charge in [-0.3, -0.25) is 0 Å². The second-order valence-corrected chi connectivity index (χ2v) is 5.93. The Hall–Kier alpha value is 0.350. The van der Waals surface area contributed by atoms with E-state index in [-0.39, 0.29) is 6.61 Å². The van der Waals surface area contributed by atoms with Crippen molar-refractivity contribution in [3.63, 3.8) is 0 Å². The summed E-state index contributed by atoms with van der Waals surface area (Å²) in [7, 11) is 0. The van der Waals surface area contributed by atoms with E-state index < -0.39 is 15.3 Å². The summed E-state index contributed by atoms with van der Waals surface area (Å²) < 4.78 is 9.04. The molecule has 1 aliphatic rings. The minimum absolute atomic E-state index is 0.281. The molecule has 0 amide bonds. The largest absolute Gasteiger partial charge is 0.479 e. The molecule has 1 fully saturated rings. The zero-order valence-corrected chi connectivity index (χ0v) is 9.30. The van der Waals surface area contributed by atoms with Gasteiger partial charge in [0, 0.05) is 0 Å². The maximum absolute atomic E-state index is 10.7. The number of alkyl halides is 2. The van der Waals surface area contributed by atoms with Gasteiger partial charge in [0.25, 0.3) is 0 Å². The lowest BCUT2D eigenvalue weighted by Crippen LogP contribution is -2.46. The number of hydrogen-bond acceptors (Lipinski definition) is 3. The fourth-order valence-electron chi connectivity index (χ4n) is 0.835. The molecule has 6 heteroatoms. The third-order valence-corrected chi connectivity index (χ3v) is 3.21. The molecule has 1 N–H and O–H groups in total. The number of hydrogen-bond donors (Lipinski definition) is 1. The van der Waals surface area contributed by atoms with Gasteiger partial charge in [-0.2, -0.15) is 0 Å². The van der Waals surface area contributed by atoms with Crippen LogP contribution in [0.4, 0.5) is 0 Å². The Morgan fingerprint density at radius 2 is 2.17 bits per heavy atom. The smallest absolute Gasteiger partial charge is 0.334 e. The molecule has 1 saturated heterocycles. The summed E-state index contributed by atoms with van der Waals surface area (Å²) >= 11 is 6.04. The molecule has 1 aliphatic heterocycles. The SMILES string of the molecule is O=C(O)C(Br)(Br)C1COCCO1. The molecule has 1 rings (SSSR count).